The summed E-state index contributed by atoms with van der Waals surface area (Å²) in [4.78, 5) is 12.2. The number of fused-ring (bicyclic) bond motifs is 1. The molecule has 1 aliphatic heterocycles. The van der Waals surface area contributed by atoms with Crippen LogP contribution in [-0.4, -0.2) is 38.8 Å². The predicted molar refractivity (Wildman–Crippen MR) is 92.2 cm³/mol. The molecular weight excluding hydrogens is 316 g/mol. The van der Waals surface area contributed by atoms with Crippen molar-refractivity contribution in [3.05, 3.63) is 42.0 Å². The lowest BCUT2D eigenvalue weighted by Gasteiger charge is -2.23. The number of methoxy groups -OCH3 is 1. The van der Waals surface area contributed by atoms with Gasteiger partial charge in [0.1, 0.15) is 11.8 Å². The van der Waals surface area contributed by atoms with Gasteiger partial charge in [0, 0.05) is 18.7 Å². The zero-order valence-electron chi connectivity index (χ0n) is 13.0. The highest BCUT2D eigenvalue weighted by atomic mass is 35.5. The van der Waals surface area contributed by atoms with Gasteiger partial charge in [-0.1, -0.05) is 30.3 Å². The van der Waals surface area contributed by atoms with Crippen LogP contribution in [0.1, 0.15) is 5.56 Å². The van der Waals surface area contributed by atoms with Crippen LogP contribution < -0.4 is 15.4 Å². The van der Waals surface area contributed by atoms with Gasteiger partial charge in [-0.3, -0.25) is 4.79 Å². The molecule has 0 aromatic heterocycles. The van der Waals surface area contributed by atoms with Crippen molar-refractivity contribution in [3.63, 3.8) is 0 Å². The third-order valence-corrected chi connectivity index (χ3v) is 3.90. The summed E-state index contributed by atoms with van der Waals surface area (Å²) in [6.07, 6.45) is 0. The van der Waals surface area contributed by atoms with Gasteiger partial charge >= 0.3 is 0 Å². The minimum absolute atomic E-state index is 0. The first-order chi connectivity index (χ1) is 10.8. The molecule has 124 valence electrons. The average Bonchev–Trinajstić information content (AvgIpc) is 2.60. The maximum Gasteiger partial charge on any atom is 0.239 e. The SMILES string of the molecule is COc1ccc2ccccc2c1CNC(=O)C1COCCN1.Cl. The van der Waals surface area contributed by atoms with Crippen LogP contribution in [0.2, 0.25) is 0 Å². The van der Waals surface area contributed by atoms with Gasteiger partial charge in [0.25, 0.3) is 0 Å². The predicted octanol–water partition coefficient (Wildman–Crippen LogP) is 1.87. The Labute approximate surface area is 141 Å². The van der Waals surface area contributed by atoms with Crippen LogP contribution >= 0.6 is 12.4 Å². The van der Waals surface area contributed by atoms with Gasteiger partial charge in [0.15, 0.2) is 0 Å². The first kappa shape index (κ1) is 17.5. The molecule has 1 aliphatic rings. The van der Waals surface area contributed by atoms with Crippen molar-refractivity contribution in [2.24, 2.45) is 0 Å². The van der Waals surface area contributed by atoms with Crippen LogP contribution in [0.5, 0.6) is 5.75 Å². The van der Waals surface area contributed by atoms with E-state index >= 15 is 0 Å². The van der Waals surface area contributed by atoms with Gasteiger partial charge < -0.3 is 20.1 Å². The fraction of sp³-hybridized carbons (Fsp3) is 0.353. The number of hydrogen-bond donors (Lipinski definition) is 2. The summed E-state index contributed by atoms with van der Waals surface area (Å²) in [6.45, 7) is 2.21. The summed E-state index contributed by atoms with van der Waals surface area (Å²) in [5.74, 6) is 0.738. The van der Waals surface area contributed by atoms with E-state index in [0.29, 0.717) is 26.3 Å². The molecule has 2 aromatic rings. The Morgan fingerprint density at radius 3 is 2.91 bits per heavy atom. The highest BCUT2D eigenvalue weighted by Crippen LogP contribution is 2.27. The van der Waals surface area contributed by atoms with Crippen LogP contribution in [0.4, 0.5) is 0 Å². The summed E-state index contributed by atoms with van der Waals surface area (Å²) < 4.78 is 10.8. The zero-order chi connectivity index (χ0) is 15.4. The third-order valence-electron chi connectivity index (χ3n) is 3.90. The van der Waals surface area contributed by atoms with E-state index in [9.17, 15) is 4.79 Å². The molecule has 1 heterocycles. The number of nitrogens with one attached hydrogen (secondary N) is 2. The van der Waals surface area contributed by atoms with E-state index in [1.807, 2.05) is 30.3 Å². The summed E-state index contributed by atoms with van der Waals surface area (Å²) in [6, 6.07) is 11.8. The van der Waals surface area contributed by atoms with Crippen LogP contribution in [0.15, 0.2) is 36.4 Å². The first-order valence-corrected chi connectivity index (χ1v) is 7.43. The quantitative estimate of drug-likeness (QED) is 0.895. The molecular formula is C17H21ClN2O3. The minimum atomic E-state index is -0.283. The standard InChI is InChI=1S/C17H20N2O3.ClH/c1-21-16-7-6-12-4-2-3-5-13(12)14(16)10-19-17(20)15-11-22-9-8-18-15;/h2-7,15,18H,8-11H2,1H3,(H,19,20);1H. The van der Waals surface area contributed by atoms with Crippen LogP contribution in [0.25, 0.3) is 10.8 Å². The topological polar surface area (TPSA) is 59.6 Å². The number of amides is 1. The number of hydrogen-bond acceptors (Lipinski definition) is 4. The lowest BCUT2D eigenvalue weighted by atomic mass is 10.0. The van der Waals surface area contributed by atoms with Gasteiger partial charge in [0.05, 0.1) is 20.3 Å². The fourth-order valence-corrected chi connectivity index (χ4v) is 2.72. The molecule has 0 spiro atoms. The second-order valence-corrected chi connectivity index (χ2v) is 5.27. The maximum absolute atomic E-state index is 12.2. The molecule has 1 saturated heterocycles. The summed E-state index contributed by atoms with van der Waals surface area (Å²) in [5.41, 5.74) is 0.991. The van der Waals surface area contributed by atoms with Crippen molar-refractivity contribution in [2.75, 3.05) is 26.9 Å². The molecule has 5 nitrogen and oxygen atoms in total. The number of benzene rings is 2. The fourth-order valence-electron chi connectivity index (χ4n) is 2.72. The van der Waals surface area contributed by atoms with Gasteiger partial charge in [-0.2, -0.15) is 0 Å². The first-order valence-electron chi connectivity index (χ1n) is 7.43. The Hall–Kier alpha value is -1.82. The molecule has 1 fully saturated rings. The molecule has 1 amide bonds. The maximum atomic E-state index is 12.2. The number of rotatable bonds is 4. The highest BCUT2D eigenvalue weighted by molar-refractivity contribution is 5.88. The van der Waals surface area contributed by atoms with Crippen molar-refractivity contribution in [2.45, 2.75) is 12.6 Å². The Balaban J connectivity index is 0.00000192. The van der Waals surface area contributed by atoms with Crippen LogP contribution in [0.3, 0.4) is 0 Å². The normalized spacial score (nSPS) is 17.3. The number of ether oxygens (including phenoxy) is 2. The summed E-state index contributed by atoms with van der Waals surface area (Å²) in [5, 5.41) is 8.35. The van der Waals surface area contributed by atoms with Crippen molar-refractivity contribution < 1.29 is 14.3 Å². The van der Waals surface area contributed by atoms with Crippen molar-refractivity contribution in [3.8, 4) is 5.75 Å². The molecule has 23 heavy (non-hydrogen) atoms. The Morgan fingerprint density at radius 1 is 1.35 bits per heavy atom. The minimum Gasteiger partial charge on any atom is -0.496 e. The molecule has 2 aromatic carbocycles. The van der Waals surface area contributed by atoms with Gasteiger partial charge in [-0.15, -0.1) is 12.4 Å². The summed E-state index contributed by atoms with van der Waals surface area (Å²) in [7, 11) is 1.64. The van der Waals surface area contributed by atoms with E-state index in [2.05, 4.69) is 16.7 Å². The number of halogens is 1. The molecule has 0 radical (unpaired) electrons. The Kier molecular flexibility index (Phi) is 6.21. The second kappa shape index (κ2) is 8.15. The van der Waals surface area contributed by atoms with Crippen molar-refractivity contribution in [1.82, 2.24) is 10.6 Å². The van der Waals surface area contributed by atoms with E-state index in [0.717, 1.165) is 22.1 Å². The smallest absolute Gasteiger partial charge is 0.239 e. The molecule has 1 unspecified atom stereocenters. The number of carbonyl (C=O) groups is 1. The lowest BCUT2D eigenvalue weighted by molar-refractivity contribution is -0.126. The number of morpholine rings is 1. The van der Waals surface area contributed by atoms with E-state index < -0.39 is 0 Å². The molecule has 1 atom stereocenters. The Bertz CT molecular complexity index is 672. The monoisotopic (exact) mass is 336 g/mol. The molecule has 0 aliphatic carbocycles. The average molecular weight is 337 g/mol. The van der Waals surface area contributed by atoms with Crippen molar-refractivity contribution in [1.29, 1.82) is 0 Å². The largest absolute Gasteiger partial charge is 0.496 e. The lowest BCUT2D eigenvalue weighted by Crippen LogP contribution is -2.51. The van der Waals surface area contributed by atoms with Gasteiger partial charge in [0.2, 0.25) is 5.91 Å². The van der Waals surface area contributed by atoms with Gasteiger partial charge in [-0.05, 0) is 16.8 Å². The highest BCUT2D eigenvalue weighted by Gasteiger charge is 2.21. The summed E-state index contributed by atoms with van der Waals surface area (Å²) >= 11 is 0. The zero-order valence-corrected chi connectivity index (χ0v) is 13.8. The van der Waals surface area contributed by atoms with E-state index in [1.54, 1.807) is 7.11 Å². The second-order valence-electron chi connectivity index (χ2n) is 5.27. The van der Waals surface area contributed by atoms with Crippen LogP contribution in [0, 0.1) is 0 Å². The van der Waals surface area contributed by atoms with Crippen molar-refractivity contribution >= 4 is 29.1 Å². The van der Waals surface area contributed by atoms with E-state index in [1.165, 1.54) is 0 Å². The molecule has 0 bridgehead atoms. The van der Waals surface area contributed by atoms with Gasteiger partial charge in [-0.25, -0.2) is 0 Å². The molecule has 2 N–H and O–H groups in total. The van der Waals surface area contributed by atoms with E-state index in [-0.39, 0.29) is 24.4 Å². The molecule has 6 heteroatoms. The van der Waals surface area contributed by atoms with Crippen LogP contribution in [-0.2, 0) is 16.1 Å². The molecule has 0 saturated carbocycles. The third kappa shape index (κ3) is 3.93. The Morgan fingerprint density at radius 2 is 2.17 bits per heavy atom. The number of carbonyl (C=O) groups excluding carboxylic acids is 1. The molecule has 3 rings (SSSR count). The van der Waals surface area contributed by atoms with E-state index in [4.69, 9.17) is 9.47 Å².